The number of halogens is 3. The predicted molar refractivity (Wildman–Crippen MR) is 59.4 cm³/mol. The Hall–Kier alpha value is 0.240. The minimum Gasteiger partial charge on any atom is -0.388 e. The molecule has 1 atom stereocenters. The van der Waals surface area contributed by atoms with Crippen LogP contribution in [0.2, 0.25) is 10.0 Å². The van der Waals surface area contributed by atoms with Crippen molar-refractivity contribution in [2.45, 2.75) is 19.4 Å². The molecule has 0 saturated heterocycles. The minimum atomic E-state index is -0.553. The van der Waals surface area contributed by atoms with Crippen molar-refractivity contribution in [2.24, 2.45) is 0 Å². The van der Waals surface area contributed by atoms with Crippen LogP contribution in [0.3, 0.4) is 0 Å². The Balaban J connectivity index is 3.20. The van der Waals surface area contributed by atoms with Crippen LogP contribution in [0.5, 0.6) is 0 Å². The fourth-order valence-corrected chi connectivity index (χ4v) is 2.11. The third kappa shape index (κ3) is 2.59. The second-order valence-corrected chi connectivity index (χ2v) is 4.38. The molecule has 0 bridgehead atoms. The van der Waals surface area contributed by atoms with E-state index in [1.54, 1.807) is 12.1 Å². The maximum atomic E-state index is 9.60. The summed E-state index contributed by atoms with van der Waals surface area (Å²) >= 11 is 15.1. The average molecular weight is 284 g/mol. The molecular formula is C9H9BrCl2O. The highest BCUT2D eigenvalue weighted by Gasteiger charge is 2.12. The van der Waals surface area contributed by atoms with E-state index in [1.165, 1.54) is 0 Å². The van der Waals surface area contributed by atoms with Gasteiger partial charge in [0, 0.05) is 15.1 Å². The van der Waals surface area contributed by atoms with Crippen LogP contribution in [-0.2, 0) is 0 Å². The quantitative estimate of drug-likeness (QED) is 0.807. The van der Waals surface area contributed by atoms with Crippen LogP contribution < -0.4 is 0 Å². The molecule has 1 aromatic rings. The molecule has 0 aliphatic carbocycles. The molecule has 0 saturated carbocycles. The maximum Gasteiger partial charge on any atom is 0.0802 e. The molecule has 13 heavy (non-hydrogen) atoms. The largest absolute Gasteiger partial charge is 0.388 e. The Morgan fingerprint density at radius 1 is 1.46 bits per heavy atom. The Kier molecular flexibility index (Phi) is 4.05. The van der Waals surface area contributed by atoms with E-state index in [1.807, 2.05) is 6.92 Å². The van der Waals surface area contributed by atoms with Gasteiger partial charge in [-0.05, 0) is 34.5 Å². The predicted octanol–water partition coefficient (Wildman–Crippen LogP) is 4.20. The van der Waals surface area contributed by atoms with Gasteiger partial charge in [-0.2, -0.15) is 0 Å². The summed E-state index contributed by atoms with van der Waals surface area (Å²) < 4.78 is 0.712. The van der Waals surface area contributed by atoms with Gasteiger partial charge in [0.05, 0.1) is 11.1 Å². The van der Waals surface area contributed by atoms with Gasteiger partial charge in [-0.15, -0.1) is 0 Å². The van der Waals surface area contributed by atoms with Crippen LogP contribution >= 0.6 is 39.1 Å². The van der Waals surface area contributed by atoms with Crippen LogP contribution in [0.15, 0.2) is 16.6 Å². The van der Waals surface area contributed by atoms with Crippen molar-refractivity contribution in [3.05, 3.63) is 32.2 Å². The highest BCUT2D eigenvalue weighted by molar-refractivity contribution is 9.10. The van der Waals surface area contributed by atoms with E-state index in [0.717, 1.165) is 0 Å². The summed E-state index contributed by atoms with van der Waals surface area (Å²) in [5.74, 6) is 0. The van der Waals surface area contributed by atoms with E-state index >= 15 is 0 Å². The number of benzene rings is 1. The van der Waals surface area contributed by atoms with E-state index in [9.17, 15) is 5.11 Å². The third-order valence-electron chi connectivity index (χ3n) is 1.77. The zero-order valence-electron chi connectivity index (χ0n) is 7.02. The molecule has 0 spiro atoms. The van der Waals surface area contributed by atoms with E-state index in [2.05, 4.69) is 15.9 Å². The van der Waals surface area contributed by atoms with Crippen LogP contribution in [0.1, 0.15) is 25.0 Å². The van der Waals surface area contributed by atoms with Gasteiger partial charge in [-0.1, -0.05) is 30.1 Å². The summed E-state index contributed by atoms with van der Waals surface area (Å²) in [6.07, 6.45) is 0.0643. The second-order valence-electron chi connectivity index (χ2n) is 2.71. The SMILES string of the molecule is CCC(O)c1cc(Cl)cc(Br)c1Cl. The van der Waals surface area contributed by atoms with Gasteiger partial charge < -0.3 is 5.11 Å². The molecular weight excluding hydrogens is 275 g/mol. The summed E-state index contributed by atoms with van der Waals surface area (Å²) in [4.78, 5) is 0. The first-order valence-corrected chi connectivity index (χ1v) is 5.43. The van der Waals surface area contributed by atoms with Gasteiger partial charge >= 0.3 is 0 Å². The maximum absolute atomic E-state index is 9.60. The van der Waals surface area contributed by atoms with Crippen molar-refractivity contribution in [2.75, 3.05) is 0 Å². The fourth-order valence-electron chi connectivity index (χ4n) is 1.04. The van der Waals surface area contributed by atoms with Crippen molar-refractivity contribution in [3.8, 4) is 0 Å². The van der Waals surface area contributed by atoms with Crippen LogP contribution in [0, 0.1) is 0 Å². The van der Waals surface area contributed by atoms with Crippen LogP contribution in [-0.4, -0.2) is 5.11 Å². The molecule has 4 heteroatoms. The molecule has 1 unspecified atom stereocenters. The number of rotatable bonds is 2. The monoisotopic (exact) mass is 282 g/mol. The molecule has 0 radical (unpaired) electrons. The van der Waals surface area contributed by atoms with Gasteiger partial charge in [0.15, 0.2) is 0 Å². The van der Waals surface area contributed by atoms with Crippen molar-refractivity contribution in [1.82, 2.24) is 0 Å². The molecule has 1 N–H and O–H groups in total. The van der Waals surface area contributed by atoms with Crippen molar-refractivity contribution >= 4 is 39.1 Å². The average Bonchev–Trinajstić information content (AvgIpc) is 2.10. The molecule has 1 aromatic carbocycles. The Morgan fingerprint density at radius 2 is 2.08 bits per heavy atom. The van der Waals surface area contributed by atoms with Gasteiger partial charge in [0.2, 0.25) is 0 Å². The zero-order valence-corrected chi connectivity index (χ0v) is 10.1. The molecule has 0 heterocycles. The Bertz CT molecular complexity index is 315. The lowest BCUT2D eigenvalue weighted by molar-refractivity contribution is 0.174. The Labute approximate surface area is 95.8 Å². The first-order valence-electron chi connectivity index (χ1n) is 3.88. The topological polar surface area (TPSA) is 20.2 Å². The van der Waals surface area contributed by atoms with E-state index in [-0.39, 0.29) is 0 Å². The third-order valence-corrected chi connectivity index (χ3v) is 3.26. The first-order chi connectivity index (χ1) is 6.06. The highest BCUT2D eigenvalue weighted by Crippen LogP contribution is 2.34. The van der Waals surface area contributed by atoms with Crippen molar-refractivity contribution in [3.63, 3.8) is 0 Å². The number of aliphatic hydroxyl groups excluding tert-OH is 1. The lowest BCUT2D eigenvalue weighted by Gasteiger charge is -2.11. The summed E-state index contributed by atoms with van der Waals surface area (Å²) in [5.41, 5.74) is 0.670. The molecule has 0 aromatic heterocycles. The lowest BCUT2D eigenvalue weighted by Crippen LogP contribution is -1.96. The van der Waals surface area contributed by atoms with Crippen molar-refractivity contribution in [1.29, 1.82) is 0 Å². The zero-order chi connectivity index (χ0) is 10.0. The van der Waals surface area contributed by atoms with Gasteiger partial charge in [-0.25, -0.2) is 0 Å². The van der Waals surface area contributed by atoms with E-state index in [4.69, 9.17) is 23.2 Å². The molecule has 72 valence electrons. The smallest absolute Gasteiger partial charge is 0.0802 e. The fraction of sp³-hybridized carbons (Fsp3) is 0.333. The minimum absolute atomic E-state index is 0.527. The number of hydrogen-bond donors (Lipinski definition) is 1. The summed E-state index contributed by atoms with van der Waals surface area (Å²) in [5, 5.41) is 10.7. The molecule has 0 aliphatic rings. The molecule has 1 rings (SSSR count). The molecule has 0 fully saturated rings. The lowest BCUT2D eigenvalue weighted by atomic mass is 10.1. The van der Waals surface area contributed by atoms with Gasteiger partial charge in [0.25, 0.3) is 0 Å². The normalized spacial score (nSPS) is 13.0. The summed E-state index contributed by atoms with van der Waals surface area (Å²) in [7, 11) is 0. The first kappa shape index (κ1) is 11.3. The highest BCUT2D eigenvalue weighted by atomic mass is 79.9. The molecule has 1 nitrogen and oxygen atoms in total. The number of aliphatic hydroxyl groups is 1. The standard InChI is InChI=1S/C9H9BrCl2O/c1-2-8(13)6-3-5(11)4-7(10)9(6)12/h3-4,8,13H,2H2,1H3. The van der Waals surface area contributed by atoms with Crippen LogP contribution in [0.4, 0.5) is 0 Å². The summed E-state index contributed by atoms with van der Waals surface area (Å²) in [6, 6.07) is 3.39. The van der Waals surface area contributed by atoms with Crippen LogP contribution in [0.25, 0.3) is 0 Å². The molecule has 0 amide bonds. The number of hydrogen-bond acceptors (Lipinski definition) is 1. The van der Waals surface area contributed by atoms with E-state index in [0.29, 0.717) is 26.5 Å². The second kappa shape index (κ2) is 4.65. The van der Waals surface area contributed by atoms with Gasteiger partial charge in [-0.3, -0.25) is 0 Å². The van der Waals surface area contributed by atoms with Gasteiger partial charge in [0.1, 0.15) is 0 Å². The van der Waals surface area contributed by atoms with Crippen molar-refractivity contribution < 1.29 is 5.11 Å². The summed E-state index contributed by atoms with van der Waals surface area (Å²) in [6.45, 7) is 1.88. The van der Waals surface area contributed by atoms with E-state index < -0.39 is 6.10 Å². The Morgan fingerprint density at radius 3 is 2.62 bits per heavy atom. The molecule has 0 aliphatic heterocycles.